The fourth-order valence-electron chi connectivity index (χ4n) is 6.50. The first-order chi connectivity index (χ1) is 24.5. The van der Waals surface area contributed by atoms with Gasteiger partial charge in [0.15, 0.2) is 0 Å². The van der Waals surface area contributed by atoms with Crippen LogP contribution >= 0.6 is 27.5 Å². The summed E-state index contributed by atoms with van der Waals surface area (Å²) >= 11 is 9.66. The Balaban J connectivity index is 1.31. The van der Waals surface area contributed by atoms with Crippen LogP contribution in [0, 0.1) is 17.1 Å². The second-order valence-corrected chi connectivity index (χ2v) is 13.6. The number of rotatable bonds is 9. The van der Waals surface area contributed by atoms with Gasteiger partial charge in [-0.05, 0) is 61.4 Å². The van der Waals surface area contributed by atoms with Crippen molar-refractivity contribution in [3.8, 4) is 6.07 Å². The molecule has 2 aromatic heterocycles. The number of carbonyl (C=O) groups is 3. The van der Waals surface area contributed by atoms with E-state index in [2.05, 4.69) is 30.9 Å². The van der Waals surface area contributed by atoms with E-state index in [-0.39, 0.29) is 46.7 Å². The van der Waals surface area contributed by atoms with Crippen LogP contribution in [-0.2, 0) is 28.8 Å². The van der Waals surface area contributed by atoms with Crippen LogP contribution in [0.15, 0.2) is 90.1 Å². The topological polar surface area (TPSA) is 140 Å². The summed E-state index contributed by atoms with van der Waals surface area (Å²) in [7, 11) is 1.70. The summed E-state index contributed by atoms with van der Waals surface area (Å²) in [6.45, 7) is -0.250. The lowest BCUT2D eigenvalue weighted by atomic mass is 9.90. The van der Waals surface area contributed by atoms with Crippen LogP contribution in [0.1, 0.15) is 78.5 Å². The van der Waals surface area contributed by atoms with Crippen molar-refractivity contribution in [2.45, 2.75) is 43.7 Å². The molecular weight excluding hydrogens is 743 g/mol. The predicted molar refractivity (Wildman–Crippen MR) is 184 cm³/mol. The average molecular weight is 770 g/mol. The van der Waals surface area contributed by atoms with Crippen molar-refractivity contribution in [2.24, 2.45) is 7.05 Å². The second-order valence-electron chi connectivity index (χ2n) is 12.3. The van der Waals surface area contributed by atoms with Crippen LogP contribution in [0.5, 0.6) is 0 Å². The third kappa shape index (κ3) is 6.54. The standard InChI is InChI=1S/C37H27BrClFN6O5/c1-45-18-31(44-20-45)34(47)23-12-29-33(30(40)13-23)37(24-4-8-26(39)9-5-24,46(35(29)48)19-32-42-16-21(15-41)17-43-32)51-28-11-10-27(14-28)50-36(49)22-2-6-25(38)7-3-22/h2-9,12-13,16-18,20,27-28H,10-11,14,19H2,1H3/t27-,28-,37?/m0/s1. The first kappa shape index (κ1) is 34.2. The molecule has 2 aliphatic rings. The van der Waals surface area contributed by atoms with Gasteiger partial charge in [-0.2, -0.15) is 5.26 Å². The van der Waals surface area contributed by atoms with Gasteiger partial charge in [0, 0.05) is 52.7 Å². The number of carbonyl (C=O) groups excluding carboxylic acids is 3. The molecule has 51 heavy (non-hydrogen) atoms. The largest absolute Gasteiger partial charge is 0.459 e. The van der Waals surface area contributed by atoms with E-state index in [1.165, 1.54) is 35.9 Å². The molecule has 0 bridgehead atoms. The summed E-state index contributed by atoms with van der Waals surface area (Å²) in [5.41, 5.74) is -1.08. The molecule has 1 saturated carbocycles. The van der Waals surface area contributed by atoms with E-state index in [0.29, 0.717) is 29.0 Å². The minimum atomic E-state index is -1.89. The number of halogens is 3. The molecule has 3 heterocycles. The minimum Gasteiger partial charge on any atom is -0.459 e. The van der Waals surface area contributed by atoms with Crippen LogP contribution in [-0.4, -0.2) is 54.3 Å². The average Bonchev–Trinajstić information content (AvgIpc) is 3.83. The predicted octanol–water partition coefficient (Wildman–Crippen LogP) is 6.52. The van der Waals surface area contributed by atoms with Crippen molar-refractivity contribution >= 4 is 45.2 Å². The second kappa shape index (κ2) is 13.8. The summed E-state index contributed by atoms with van der Waals surface area (Å²) in [4.78, 5) is 54.9. The molecule has 1 aliphatic carbocycles. The molecule has 0 N–H and O–H groups in total. The van der Waals surface area contributed by atoms with Crippen molar-refractivity contribution in [1.29, 1.82) is 5.26 Å². The van der Waals surface area contributed by atoms with Crippen molar-refractivity contribution in [2.75, 3.05) is 0 Å². The molecule has 5 aromatic rings. The minimum absolute atomic E-state index is 0.0689. The Labute approximate surface area is 304 Å². The van der Waals surface area contributed by atoms with E-state index in [9.17, 15) is 19.6 Å². The quantitative estimate of drug-likeness (QED) is 0.121. The van der Waals surface area contributed by atoms with Gasteiger partial charge in [0.25, 0.3) is 5.91 Å². The third-order valence-corrected chi connectivity index (χ3v) is 9.66. The third-order valence-electron chi connectivity index (χ3n) is 8.88. The Kier molecular flexibility index (Phi) is 9.24. The molecule has 14 heteroatoms. The normalized spacial score (nSPS) is 19.5. The highest BCUT2D eigenvalue weighted by Crippen LogP contribution is 2.50. The maximum absolute atomic E-state index is 16.8. The molecule has 1 amide bonds. The molecule has 1 unspecified atom stereocenters. The summed E-state index contributed by atoms with van der Waals surface area (Å²) in [5, 5.41) is 9.69. The zero-order chi connectivity index (χ0) is 35.9. The number of imidazole rings is 1. The number of esters is 1. The Morgan fingerprint density at radius 3 is 2.41 bits per heavy atom. The lowest BCUT2D eigenvalue weighted by molar-refractivity contribution is -0.149. The van der Waals surface area contributed by atoms with Crippen molar-refractivity contribution in [3.63, 3.8) is 0 Å². The van der Waals surface area contributed by atoms with E-state index in [1.54, 1.807) is 60.1 Å². The monoisotopic (exact) mass is 768 g/mol. The molecule has 256 valence electrons. The number of aryl methyl sites for hydroxylation is 1. The van der Waals surface area contributed by atoms with E-state index >= 15 is 4.39 Å². The van der Waals surface area contributed by atoms with Gasteiger partial charge in [0.05, 0.1) is 41.2 Å². The van der Waals surface area contributed by atoms with Gasteiger partial charge < -0.3 is 14.0 Å². The SMILES string of the molecule is Cn1cnc(C(=O)c2cc(F)c3c(c2)C(=O)N(Cc2ncc(C#N)cn2)C3(O[C@H]2CC[C@H](OC(=O)c3ccc(Br)cc3)C2)c2ccc(Cl)cc2)c1. The summed E-state index contributed by atoms with van der Waals surface area (Å²) < 4.78 is 32.0. The van der Waals surface area contributed by atoms with Crippen LogP contribution < -0.4 is 0 Å². The van der Waals surface area contributed by atoms with Gasteiger partial charge in [0.2, 0.25) is 11.5 Å². The Morgan fingerprint density at radius 2 is 1.75 bits per heavy atom. The van der Waals surface area contributed by atoms with Crippen molar-refractivity contribution < 1.29 is 28.2 Å². The van der Waals surface area contributed by atoms with E-state index in [0.717, 1.165) is 10.5 Å². The zero-order valence-electron chi connectivity index (χ0n) is 26.9. The molecule has 1 fully saturated rings. The number of benzene rings is 3. The number of ether oxygens (including phenoxy) is 2. The summed E-state index contributed by atoms with van der Waals surface area (Å²) in [6.07, 6.45) is 5.64. The number of ketones is 1. The highest BCUT2D eigenvalue weighted by Gasteiger charge is 2.56. The molecule has 11 nitrogen and oxygen atoms in total. The molecule has 7 rings (SSSR count). The molecule has 0 spiro atoms. The first-order valence-corrected chi connectivity index (χ1v) is 17.0. The van der Waals surface area contributed by atoms with Gasteiger partial charge in [-0.25, -0.2) is 24.1 Å². The fraction of sp³-hybridized carbons (Fsp3) is 0.216. The number of hydrogen-bond acceptors (Lipinski definition) is 9. The lowest BCUT2D eigenvalue weighted by Crippen LogP contribution is -2.49. The summed E-state index contributed by atoms with van der Waals surface area (Å²) in [5.74, 6) is -2.39. The van der Waals surface area contributed by atoms with Gasteiger partial charge in [-0.3, -0.25) is 14.5 Å². The van der Waals surface area contributed by atoms with Gasteiger partial charge >= 0.3 is 5.97 Å². The first-order valence-electron chi connectivity index (χ1n) is 15.9. The number of amides is 1. The van der Waals surface area contributed by atoms with E-state index < -0.39 is 41.4 Å². The van der Waals surface area contributed by atoms with Crippen molar-refractivity contribution in [1.82, 2.24) is 24.4 Å². The number of hydrogen-bond donors (Lipinski definition) is 0. The number of nitriles is 1. The van der Waals surface area contributed by atoms with Crippen molar-refractivity contribution in [3.05, 3.63) is 146 Å². The van der Waals surface area contributed by atoms with Gasteiger partial charge in [-0.15, -0.1) is 0 Å². The number of aromatic nitrogens is 4. The highest BCUT2D eigenvalue weighted by molar-refractivity contribution is 9.10. The lowest BCUT2D eigenvalue weighted by Gasteiger charge is -2.41. The Hall–Kier alpha value is -5.29. The fourth-order valence-corrected chi connectivity index (χ4v) is 6.89. The Bertz CT molecular complexity index is 2210. The van der Waals surface area contributed by atoms with E-state index in [1.807, 2.05) is 6.07 Å². The Morgan fingerprint density at radius 1 is 1.04 bits per heavy atom. The molecule has 3 aromatic carbocycles. The molecule has 0 radical (unpaired) electrons. The zero-order valence-corrected chi connectivity index (χ0v) is 29.3. The number of nitrogens with zero attached hydrogens (tertiary/aromatic N) is 6. The summed E-state index contributed by atoms with van der Waals surface area (Å²) in [6, 6.07) is 17.7. The molecule has 1 aliphatic heterocycles. The van der Waals surface area contributed by atoms with E-state index in [4.69, 9.17) is 21.1 Å². The maximum atomic E-state index is 16.8. The smallest absolute Gasteiger partial charge is 0.338 e. The molecular formula is C37H27BrClFN6O5. The molecule has 3 atom stereocenters. The van der Waals surface area contributed by atoms with Crippen LogP contribution in [0.3, 0.4) is 0 Å². The van der Waals surface area contributed by atoms with Gasteiger partial charge in [-0.1, -0.05) is 39.7 Å². The molecule has 0 saturated heterocycles. The van der Waals surface area contributed by atoms with Crippen LogP contribution in [0.2, 0.25) is 5.02 Å². The van der Waals surface area contributed by atoms with Crippen LogP contribution in [0.4, 0.5) is 4.39 Å². The van der Waals surface area contributed by atoms with Crippen LogP contribution in [0.25, 0.3) is 0 Å². The number of fused-ring (bicyclic) bond motifs is 1. The highest BCUT2D eigenvalue weighted by atomic mass is 79.9. The van der Waals surface area contributed by atoms with Gasteiger partial charge in [0.1, 0.15) is 29.5 Å². The maximum Gasteiger partial charge on any atom is 0.338 e.